The van der Waals surface area contributed by atoms with Crippen molar-refractivity contribution < 1.29 is 37.3 Å². The lowest BCUT2D eigenvalue weighted by atomic mass is 10.2. The number of anilines is 1. The summed E-state index contributed by atoms with van der Waals surface area (Å²) in [4.78, 5) is 24.6. The number of methoxy groups -OCH3 is 2. The van der Waals surface area contributed by atoms with E-state index in [2.05, 4.69) is 15.1 Å². The molecule has 220 valence electrons. The second-order valence-electron chi connectivity index (χ2n) is 9.04. The summed E-state index contributed by atoms with van der Waals surface area (Å²) >= 11 is 0. The molecule has 0 aliphatic rings. The lowest BCUT2D eigenvalue weighted by Gasteiger charge is -2.16. The molecule has 1 heterocycles. The van der Waals surface area contributed by atoms with Gasteiger partial charge in [0.15, 0.2) is 5.69 Å². The van der Waals surface area contributed by atoms with Crippen molar-refractivity contribution in [2.24, 2.45) is 0 Å². The molecule has 13 heteroatoms. The maximum absolute atomic E-state index is 13.4. The van der Waals surface area contributed by atoms with E-state index < -0.39 is 21.9 Å². The van der Waals surface area contributed by atoms with Gasteiger partial charge in [-0.25, -0.2) is 17.9 Å². The van der Waals surface area contributed by atoms with Crippen LogP contribution in [0.4, 0.5) is 5.69 Å². The van der Waals surface area contributed by atoms with Crippen LogP contribution in [0.15, 0.2) is 71.6 Å². The maximum atomic E-state index is 13.4. The van der Waals surface area contributed by atoms with Gasteiger partial charge in [-0.1, -0.05) is 13.0 Å². The number of carboxylic acids is 1. The van der Waals surface area contributed by atoms with Crippen LogP contribution in [0, 0.1) is 6.92 Å². The third-order valence-electron chi connectivity index (χ3n) is 6.16. The van der Waals surface area contributed by atoms with Crippen LogP contribution in [-0.4, -0.2) is 55.9 Å². The van der Waals surface area contributed by atoms with Gasteiger partial charge in [0.05, 0.1) is 19.9 Å². The zero-order valence-electron chi connectivity index (χ0n) is 23.4. The molecule has 0 aliphatic carbocycles. The average Bonchev–Trinajstić information content (AvgIpc) is 3.32. The number of carboxylic acid groups (broad SMARTS) is 1. The summed E-state index contributed by atoms with van der Waals surface area (Å²) in [6, 6.07) is 17.3. The quantitative estimate of drug-likeness (QED) is 0.213. The molecule has 3 N–H and O–H groups in total. The van der Waals surface area contributed by atoms with Crippen LogP contribution < -0.4 is 24.2 Å². The van der Waals surface area contributed by atoms with Crippen LogP contribution in [0.1, 0.15) is 39.8 Å². The van der Waals surface area contributed by atoms with Crippen LogP contribution in [0.3, 0.4) is 0 Å². The van der Waals surface area contributed by atoms with E-state index in [0.717, 1.165) is 0 Å². The summed E-state index contributed by atoms with van der Waals surface area (Å²) in [5.74, 6) is -0.802. The van der Waals surface area contributed by atoms with E-state index in [9.17, 15) is 23.1 Å². The zero-order chi connectivity index (χ0) is 30.4. The van der Waals surface area contributed by atoms with E-state index in [1.807, 2.05) is 6.92 Å². The van der Waals surface area contributed by atoms with E-state index in [0.29, 0.717) is 29.2 Å². The average molecular weight is 595 g/mol. The number of nitrogens with zero attached hydrogens (tertiary/aromatic N) is 2. The second-order valence-corrected chi connectivity index (χ2v) is 10.8. The van der Waals surface area contributed by atoms with Crippen LogP contribution in [0.5, 0.6) is 23.1 Å². The molecule has 1 aromatic heterocycles. The topological polar surface area (TPSA) is 158 Å². The summed E-state index contributed by atoms with van der Waals surface area (Å²) in [5, 5.41) is 16.6. The SMILES string of the molecule is CCCNS(=O)(=O)c1cc(NC(=O)c2cccc(OC)c2)ccc1Oc1c(C)c(C(=O)O)nn1-c1ccc(OC)cc1. The van der Waals surface area contributed by atoms with Gasteiger partial charge in [0.1, 0.15) is 22.1 Å². The molecule has 0 aliphatic heterocycles. The van der Waals surface area contributed by atoms with Crippen molar-refractivity contribution in [3.05, 3.63) is 83.6 Å². The molecular formula is C29H30N4O8S. The molecule has 0 fully saturated rings. The standard InChI is InChI=1S/C29H30N4O8S/c1-5-15-30-42(37,38)25-17-20(31-27(34)19-7-6-8-23(16-19)40-4)9-14-24(25)41-28-18(2)26(29(35)36)32-33(28)21-10-12-22(39-3)13-11-21/h6-14,16-17,30H,5,15H2,1-4H3,(H,31,34)(H,35,36). The number of benzene rings is 3. The van der Waals surface area contributed by atoms with Gasteiger partial charge in [-0.2, -0.15) is 9.78 Å². The van der Waals surface area contributed by atoms with Gasteiger partial charge in [0.2, 0.25) is 15.9 Å². The predicted molar refractivity (Wildman–Crippen MR) is 155 cm³/mol. The van der Waals surface area contributed by atoms with Gasteiger partial charge >= 0.3 is 5.97 Å². The molecule has 0 spiro atoms. The maximum Gasteiger partial charge on any atom is 0.356 e. The number of amides is 1. The fraction of sp³-hybridized carbons (Fsp3) is 0.207. The molecule has 12 nitrogen and oxygen atoms in total. The first-order chi connectivity index (χ1) is 20.1. The summed E-state index contributed by atoms with van der Waals surface area (Å²) in [7, 11) is -1.13. The minimum absolute atomic E-state index is 0.00215. The number of aromatic carboxylic acids is 1. The fourth-order valence-corrected chi connectivity index (χ4v) is 5.25. The largest absolute Gasteiger partial charge is 0.497 e. The van der Waals surface area contributed by atoms with E-state index in [1.54, 1.807) is 48.5 Å². The van der Waals surface area contributed by atoms with Gasteiger partial charge in [-0.05, 0) is 74.0 Å². The van der Waals surface area contributed by atoms with Gasteiger partial charge in [0.25, 0.3) is 5.91 Å². The smallest absolute Gasteiger partial charge is 0.356 e. The Hall–Kier alpha value is -4.88. The molecule has 4 rings (SSSR count). The Bertz CT molecular complexity index is 1720. The first-order valence-corrected chi connectivity index (χ1v) is 14.3. The number of aromatic nitrogens is 2. The molecule has 0 atom stereocenters. The number of ether oxygens (including phenoxy) is 3. The molecule has 3 aromatic carbocycles. The van der Waals surface area contributed by atoms with E-state index in [1.165, 1.54) is 44.0 Å². The molecule has 0 bridgehead atoms. The first-order valence-electron chi connectivity index (χ1n) is 12.8. The summed E-state index contributed by atoms with van der Waals surface area (Å²) in [5.41, 5.74) is 0.870. The Morgan fingerprint density at radius 3 is 2.33 bits per heavy atom. The zero-order valence-corrected chi connectivity index (χ0v) is 24.2. The second kappa shape index (κ2) is 12.7. The monoisotopic (exact) mass is 594 g/mol. The Balaban J connectivity index is 1.78. The summed E-state index contributed by atoms with van der Waals surface area (Å²) < 4.78 is 47.0. The first kappa shape index (κ1) is 30.1. The lowest BCUT2D eigenvalue weighted by molar-refractivity contribution is 0.0689. The molecule has 42 heavy (non-hydrogen) atoms. The number of nitrogens with one attached hydrogen (secondary N) is 2. The number of rotatable bonds is 12. The number of carbonyl (C=O) groups excluding carboxylic acids is 1. The van der Waals surface area contributed by atoms with Crippen molar-refractivity contribution in [1.82, 2.24) is 14.5 Å². The number of sulfonamides is 1. The number of carbonyl (C=O) groups is 2. The van der Waals surface area contributed by atoms with E-state index >= 15 is 0 Å². The molecule has 0 radical (unpaired) electrons. The summed E-state index contributed by atoms with van der Waals surface area (Å²) in [6.07, 6.45) is 0.535. The van der Waals surface area contributed by atoms with Crippen molar-refractivity contribution in [2.75, 3.05) is 26.1 Å². The third kappa shape index (κ3) is 6.53. The van der Waals surface area contributed by atoms with Crippen molar-refractivity contribution in [1.29, 1.82) is 0 Å². The minimum atomic E-state index is -4.12. The number of hydrogen-bond donors (Lipinski definition) is 3. The Morgan fingerprint density at radius 1 is 0.976 bits per heavy atom. The molecular weight excluding hydrogens is 564 g/mol. The van der Waals surface area contributed by atoms with Crippen LogP contribution in [-0.2, 0) is 10.0 Å². The van der Waals surface area contributed by atoms with Gasteiger partial charge in [-0.15, -0.1) is 0 Å². The van der Waals surface area contributed by atoms with Crippen molar-refractivity contribution in [3.8, 4) is 28.8 Å². The molecule has 0 unspecified atom stereocenters. The van der Waals surface area contributed by atoms with Crippen LogP contribution >= 0.6 is 0 Å². The van der Waals surface area contributed by atoms with Crippen molar-refractivity contribution in [3.63, 3.8) is 0 Å². The van der Waals surface area contributed by atoms with Gasteiger partial charge in [-0.3, -0.25) is 4.79 Å². The van der Waals surface area contributed by atoms with Crippen molar-refractivity contribution in [2.45, 2.75) is 25.2 Å². The normalized spacial score (nSPS) is 11.1. The highest BCUT2D eigenvalue weighted by molar-refractivity contribution is 7.89. The highest BCUT2D eigenvalue weighted by Crippen LogP contribution is 2.35. The fourth-order valence-electron chi connectivity index (χ4n) is 3.97. The molecule has 4 aromatic rings. The number of hydrogen-bond acceptors (Lipinski definition) is 8. The highest BCUT2D eigenvalue weighted by atomic mass is 32.2. The van der Waals surface area contributed by atoms with Gasteiger partial charge in [0, 0.05) is 23.4 Å². The Labute approximate surface area is 242 Å². The predicted octanol–water partition coefficient (Wildman–Crippen LogP) is 4.63. The Morgan fingerprint density at radius 2 is 1.69 bits per heavy atom. The van der Waals surface area contributed by atoms with Gasteiger partial charge < -0.3 is 24.6 Å². The van der Waals surface area contributed by atoms with Crippen LogP contribution in [0.25, 0.3) is 5.69 Å². The van der Waals surface area contributed by atoms with Crippen LogP contribution in [0.2, 0.25) is 0 Å². The third-order valence-corrected chi connectivity index (χ3v) is 7.64. The van der Waals surface area contributed by atoms with Crippen molar-refractivity contribution >= 4 is 27.6 Å². The van der Waals surface area contributed by atoms with E-state index in [4.69, 9.17) is 14.2 Å². The van der Waals surface area contributed by atoms with E-state index in [-0.39, 0.29) is 40.0 Å². The molecule has 0 saturated heterocycles. The lowest BCUT2D eigenvalue weighted by Crippen LogP contribution is -2.25. The molecule has 0 saturated carbocycles. The highest BCUT2D eigenvalue weighted by Gasteiger charge is 2.26. The molecule has 1 amide bonds. The summed E-state index contributed by atoms with van der Waals surface area (Å²) in [6.45, 7) is 3.49. The minimum Gasteiger partial charge on any atom is -0.497 e. The Kier molecular flexibility index (Phi) is 9.13.